The van der Waals surface area contributed by atoms with Crippen LogP contribution in [0.25, 0.3) is 11.1 Å². The zero-order valence-electron chi connectivity index (χ0n) is 36.2. The summed E-state index contributed by atoms with van der Waals surface area (Å²) < 4.78 is 28.9. The smallest absolute Gasteiger partial charge is 0.459 e. The van der Waals surface area contributed by atoms with Crippen molar-refractivity contribution in [2.45, 2.75) is 141 Å². The number of aliphatic hydroxyl groups excluding tert-OH is 2. The Labute approximate surface area is 347 Å². The molecule has 1 unspecified atom stereocenters. The molecule has 6 N–H and O–H groups in total. The Balaban J connectivity index is 1.80. The third-order valence-electron chi connectivity index (χ3n) is 12.5. The van der Waals surface area contributed by atoms with E-state index in [1.807, 2.05) is 42.5 Å². The summed E-state index contributed by atoms with van der Waals surface area (Å²) in [5.41, 5.74) is -3.55. The molecule has 2 fully saturated rings. The first-order valence-corrected chi connectivity index (χ1v) is 20.4. The topological polar surface area (TPSA) is 214 Å². The Morgan fingerprint density at radius 1 is 0.881 bits per heavy atom. The molecule has 15 atom stereocenters. The number of nitrogens with one attached hydrogen (secondary N) is 1. The first-order chi connectivity index (χ1) is 27.5. The van der Waals surface area contributed by atoms with Crippen molar-refractivity contribution in [3.63, 3.8) is 0 Å². The second kappa shape index (κ2) is 19.4. The molecule has 59 heavy (non-hydrogen) atoms. The Kier molecular flexibility index (Phi) is 15.8. The SMILES string of the molecule is CCC1OC(=O)[C@H](C)[C@@H](O)[C@H](C)[C@@H](O[C@@H]2O[C@H](C)C[C@](O)(N(C)C)[C@H]2OC(=O)OC)[C@](C)(O)C[C@@H](C)[C@H](NC(=O)c2ccc(-c3ccccc3)cc2)[C@H](C)[C@@H](O)[C@]1(C)O. The van der Waals surface area contributed by atoms with Crippen LogP contribution in [0, 0.1) is 23.7 Å². The molecular formula is C44H66N2O13. The molecule has 0 spiro atoms. The van der Waals surface area contributed by atoms with Gasteiger partial charge in [0.15, 0.2) is 18.1 Å². The van der Waals surface area contributed by atoms with Crippen molar-refractivity contribution >= 4 is 18.0 Å². The monoisotopic (exact) mass is 830 g/mol. The van der Waals surface area contributed by atoms with E-state index in [0.717, 1.165) is 18.2 Å². The van der Waals surface area contributed by atoms with E-state index in [1.54, 1.807) is 60.8 Å². The molecule has 15 nitrogen and oxygen atoms in total. The Bertz CT molecular complexity index is 1710. The van der Waals surface area contributed by atoms with Crippen LogP contribution in [0.3, 0.4) is 0 Å². The lowest BCUT2D eigenvalue weighted by Crippen LogP contribution is -2.67. The lowest BCUT2D eigenvalue weighted by Gasteiger charge is -2.51. The molecule has 1 amide bonds. The van der Waals surface area contributed by atoms with Crippen LogP contribution in [0.15, 0.2) is 54.6 Å². The van der Waals surface area contributed by atoms with E-state index in [1.165, 1.54) is 25.7 Å². The van der Waals surface area contributed by atoms with Crippen LogP contribution >= 0.6 is 0 Å². The summed E-state index contributed by atoms with van der Waals surface area (Å²) in [4.78, 5) is 41.8. The molecule has 15 heteroatoms. The van der Waals surface area contributed by atoms with E-state index >= 15 is 0 Å². The van der Waals surface area contributed by atoms with Gasteiger partial charge in [-0.2, -0.15) is 0 Å². The molecule has 2 aromatic carbocycles. The van der Waals surface area contributed by atoms with Gasteiger partial charge in [-0.1, -0.05) is 70.2 Å². The molecule has 2 aromatic rings. The summed E-state index contributed by atoms with van der Waals surface area (Å²) in [6, 6.07) is 15.8. The molecule has 2 saturated heterocycles. The molecule has 0 radical (unpaired) electrons. The van der Waals surface area contributed by atoms with Crippen LogP contribution in [-0.4, -0.2) is 136 Å². The minimum absolute atomic E-state index is 0.000382. The molecule has 4 rings (SSSR count). The molecule has 2 heterocycles. The number of carbonyl (C=O) groups excluding carboxylic acids is 3. The van der Waals surface area contributed by atoms with Crippen LogP contribution in [0.4, 0.5) is 4.79 Å². The maximum absolute atomic E-state index is 14.0. The second-order valence-corrected chi connectivity index (χ2v) is 17.3. The highest BCUT2D eigenvalue weighted by Crippen LogP contribution is 2.41. The maximum atomic E-state index is 14.0. The third kappa shape index (κ3) is 10.6. The van der Waals surface area contributed by atoms with E-state index in [9.17, 15) is 39.9 Å². The quantitative estimate of drug-likeness (QED) is 0.165. The lowest BCUT2D eigenvalue weighted by atomic mass is 9.72. The number of hydrogen-bond acceptors (Lipinski definition) is 14. The molecule has 0 saturated carbocycles. The van der Waals surface area contributed by atoms with Gasteiger partial charge in [-0.05, 0) is 83.8 Å². The summed E-state index contributed by atoms with van der Waals surface area (Å²) >= 11 is 0. The number of cyclic esters (lactones) is 1. The van der Waals surface area contributed by atoms with Crippen LogP contribution in [-0.2, 0) is 28.5 Å². The number of amides is 1. The molecule has 0 aliphatic carbocycles. The van der Waals surface area contributed by atoms with Gasteiger partial charge in [-0.3, -0.25) is 14.5 Å². The van der Waals surface area contributed by atoms with Crippen molar-refractivity contribution in [1.82, 2.24) is 10.2 Å². The van der Waals surface area contributed by atoms with Gasteiger partial charge in [0.25, 0.3) is 5.91 Å². The molecule has 0 bridgehead atoms. The number of likely N-dealkylation sites (N-methyl/N-ethyl adjacent to an activating group) is 1. The van der Waals surface area contributed by atoms with E-state index in [4.69, 9.17) is 23.7 Å². The number of aliphatic hydroxyl groups is 5. The molecule has 0 aromatic heterocycles. The summed E-state index contributed by atoms with van der Waals surface area (Å²) in [6.07, 6.45) is -10.5. The zero-order valence-corrected chi connectivity index (χ0v) is 36.2. The fraction of sp³-hybridized carbons (Fsp3) is 0.659. The minimum Gasteiger partial charge on any atom is -0.459 e. The number of carbonyl (C=O) groups is 3. The highest BCUT2D eigenvalue weighted by atomic mass is 16.8. The van der Waals surface area contributed by atoms with Crippen molar-refractivity contribution in [3.8, 4) is 11.1 Å². The van der Waals surface area contributed by atoms with E-state index < -0.39 is 108 Å². The second-order valence-electron chi connectivity index (χ2n) is 17.3. The van der Waals surface area contributed by atoms with Crippen LogP contribution in [0.5, 0.6) is 0 Å². The number of benzene rings is 2. The fourth-order valence-corrected chi connectivity index (χ4v) is 8.85. The van der Waals surface area contributed by atoms with Gasteiger partial charge in [-0.15, -0.1) is 0 Å². The van der Waals surface area contributed by atoms with Gasteiger partial charge in [0.2, 0.25) is 0 Å². The lowest BCUT2D eigenvalue weighted by molar-refractivity contribution is -0.345. The van der Waals surface area contributed by atoms with Crippen molar-refractivity contribution < 1.29 is 63.6 Å². The normalized spacial score (nSPS) is 38.8. The fourth-order valence-electron chi connectivity index (χ4n) is 8.85. The number of esters is 1. The first-order valence-electron chi connectivity index (χ1n) is 20.4. The van der Waals surface area contributed by atoms with E-state index in [0.29, 0.717) is 5.56 Å². The number of methoxy groups -OCH3 is 1. The van der Waals surface area contributed by atoms with Crippen molar-refractivity contribution in [3.05, 3.63) is 60.2 Å². The Hall–Kier alpha value is -3.67. The van der Waals surface area contributed by atoms with Gasteiger partial charge in [0.1, 0.15) is 11.7 Å². The van der Waals surface area contributed by atoms with Crippen LogP contribution < -0.4 is 5.32 Å². The number of nitrogens with zero attached hydrogens (tertiary/aromatic N) is 1. The largest absolute Gasteiger partial charge is 0.508 e. The van der Waals surface area contributed by atoms with Crippen LogP contribution in [0.2, 0.25) is 0 Å². The summed E-state index contributed by atoms with van der Waals surface area (Å²) in [5.74, 6) is -5.19. The predicted octanol–water partition coefficient (Wildman–Crippen LogP) is 3.87. The molecule has 2 aliphatic rings. The zero-order chi connectivity index (χ0) is 44.2. The average molecular weight is 831 g/mol. The van der Waals surface area contributed by atoms with E-state index in [2.05, 4.69) is 5.32 Å². The van der Waals surface area contributed by atoms with Crippen molar-refractivity contribution in [1.29, 1.82) is 0 Å². The Morgan fingerprint density at radius 3 is 2.03 bits per heavy atom. The summed E-state index contributed by atoms with van der Waals surface area (Å²) in [7, 11) is 4.28. The van der Waals surface area contributed by atoms with E-state index in [-0.39, 0.29) is 19.3 Å². The van der Waals surface area contributed by atoms with Gasteiger partial charge in [0.05, 0.1) is 43.0 Å². The molecular weight excluding hydrogens is 764 g/mol. The number of rotatable bonds is 8. The summed E-state index contributed by atoms with van der Waals surface area (Å²) in [6.45, 7) is 12.7. The summed E-state index contributed by atoms with van der Waals surface area (Å²) in [5, 5.41) is 63.2. The standard InChI is InChI=1S/C44H66N2O13/c1-12-32-43(8,53)35(48)26(4)33(45-38(49)31-20-18-30(19-21-31)29-16-14-13-15-17-29)24(2)22-42(7,52)36(27(5)34(47)28(6)39(50)57-32)58-40-37(59-41(51)55-11)44(54,46(9)10)23-25(3)56-40/h13-21,24-28,32-37,40,47-48,52-54H,12,22-23H2,1-11H3,(H,45,49)/t24-,25-,26+,27+,28-,32?,33+,34+,35-,36-,37+,40+,42-,43-,44-/m1/s1. The molecule has 330 valence electrons. The van der Waals surface area contributed by atoms with Crippen LogP contribution in [0.1, 0.15) is 85.0 Å². The van der Waals surface area contributed by atoms with Gasteiger partial charge >= 0.3 is 12.1 Å². The first kappa shape index (κ1) is 48.0. The Morgan fingerprint density at radius 2 is 1.47 bits per heavy atom. The van der Waals surface area contributed by atoms with Crippen molar-refractivity contribution in [2.24, 2.45) is 23.7 Å². The van der Waals surface area contributed by atoms with Gasteiger partial charge in [-0.25, -0.2) is 4.79 Å². The average Bonchev–Trinajstić information content (AvgIpc) is 3.19. The van der Waals surface area contributed by atoms with Gasteiger partial charge in [0, 0.05) is 29.9 Å². The third-order valence-corrected chi connectivity index (χ3v) is 12.5. The number of hydrogen-bond donors (Lipinski definition) is 6. The highest BCUT2D eigenvalue weighted by Gasteiger charge is 2.56. The number of ether oxygens (including phenoxy) is 5. The predicted molar refractivity (Wildman–Crippen MR) is 218 cm³/mol. The molecule has 2 aliphatic heterocycles. The minimum atomic E-state index is -2.01. The highest BCUT2D eigenvalue weighted by molar-refractivity contribution is 5.95. The van der Waals surface area contributed by atoms with Crippen molar-refractivity contribution in [2.75, 3.05) is 21.2 Å². The maximum Gasteiger partial charge on any atom is 0.508 e. The van der Waals surface area contributed by atoms with Gasteiger partial charge < -0.3 is 54.5 Å².